The van der Waals surface area contributed by atoms with E-state index in [1.165, 1.54) is 7.11 Å². The molecule has 0 heterocycles. The minimum absolute atomic E-state index is 0.373. The van der Waals surface area contributed by atoms with Crippen molar-refractivity contribution in [3.63, 3.8) is 0 Å². The first-order chi connectivity index (χ1) is 3.31. The zero-order chi connectivity index (χ0) is 5.70. The average molecular weight is 106 g/mol. The highest BCUT2D eigenvalue weighted by atomic mass is 16.9. The van der Waals surface area contributed by atoms with E-state index in [1.54, 1.807) is 0 Å². The third-order valence-corrected chi connectivity index (χ3v) is 0.507. The van der Waals surface area contributed by atoms with Crippen LogP contribution in [0.4, 0.5) is 0 Å². The lowest BCUT2D eigenvalue weighted by Crippen LogP contribution is -3.13. The maximum Gasteiger partial charge on any atom is 0.0983 e. The van der Waals surface area contributed by atoms with Crippen LogP contribution in [0.1, 0.15) is 6.92 Å². The Morgan fingerprint density at radius 2 is 2.43 bits per heavy atom. The summed E-state index contributed by atoms with van der Waals surface area (Å²) in [6, 6.07) is 0. The molecule has 2 N–H and O–H groups in total. The van der Waals surface area contributed by atoms with Gasteiger partial charge in [0.15, 0.2) is 0 Å². The van der Waals surface area contributed by atoms with Crippen molar-refractivity contribution < 1.29 is 10.2 Å². The molecule has 0 rings (SSSR count). The first-order valence-corrected chi connectivity index (χ1v) is 2.13. The van der Waals surface area contributed by atoms with Crippen molar-refractivity contribution in [3.05, 3.63) is 5.21 Å². The zero-order valence-corrected chi connectivity index (χ0v) is 4.52. The van der Waals surface area contributed by atoms with Gasteiger partial charge in [0.25, 0.3) is 0 Å². The molecule has 0 aromatic carbocycles. The molecule has 0 aliphatic heterocycles. The summed E-state index contributed by atoms with van der Waals surface area (Å²) >= 11 is 0. The minimum Gasteiger partial charge on any atom is -0.579 e. The molecule has 0 saturated carbocycles. The molecule has 0 radical (unpaired) electrons. The predicted octanol–water partition coefficient (Wildman–Crippen LogP) is -1.54. The summed E-state index contributed by atoms with van der Waals surface area (Å²) in [6.45, 7) is 2.45. The summed E-state index contributed by atoms with van der Waals surface area (Å²) in [5.41, 5.74) is 2.43. The van der Waals surface area contributed by atoms with Crippen LogP contribution in [-0.2, 0) is 4.84 Å². The molecular formula is C3H10N2O2. The van der Waals surface area contributed by atoms with Crippen LogP contribution in [0.5, 0.6) is 0 Å². The van der Waals surface area contributed by atoms with Gasteiger partial charge in [0.05, 0.1) is 7.11 Å². The molecule has 1 unspecified atom stereocenters. The summed E-state index contributed by atoms with van der Waals surface area (Å²) in [5.74, 6) is 0. The molecule has 0 spiro atoms. The Balaban J connectivity index is 2.83. The van der Waals surface area contributed by atoms with Gasteiger partial charge in [-0.3, -0.25) is 0 Å². The van der Waals surface area contributed by atoms with Gasteiger partial charge >= 0.3 is 0 Å². The molecular weight excluding hydrogens is 96.0 g/mol. The quantitative estimate of drug-likeness (QED) is 0.428. The van der Waals surface area contributed by atoms with Crippen molar-refractivity contribution in [2.45, 2.75) is 6.92 Å². The number of hydrogen-bond acceptors (Lipinski definition) is 3. The van der Waals surface area contributed by atoms with Gasteiger partial charge in [0.2, 0.25) is 0 Å². The SMILES string of the molecule is CCN[NH+]([O-])OC. The first-order valence-electron chi connectivity index (χ1n) is 2.13. The van der Waals surface area contributed by atoms with Crippen LogP contribution in [0.2, 0.25) is 0 Å². The van der Waals surface area contributed by atoms with E-state index in [0.717, 1.165) is 0 Å². The topological polar surface area (TPSA) is 48.8 Å². The van der Waals surface area contributed by atoms with Crippen molar-refractivity contribution in [3.8, 4) is 0 Å². The standard InChI is InChI=1S/C3H10N2O2/c1-3-4-5(6)7-2/h4-5H,3H2,1-2H3. The maximum atomic E-state index is 10.1. The number of quaternary nitrogens is 1. The molecule has 0 aromatic rings. The molecule has 44 valence electrons. The van der Waals surface area contributed by atoms with Crippen LogP contribution in [-0.4, -0.2) is 13.7 Å². The Bertz CT molecular complexity index is 41.9. The molecule has 7 heavy (non-hydrogen) atoms. The molecule has 0 aliphatic carbocycles. The smallest absolute Gasteiger partial charge is 0.0983 e. The van der Waals surface area contributed by atoms with E-state index in [-0.39, 0.29) is 5.34 Å². The van der Waals surface area contributed by atoms with Crippen LogP contribution in [0.3, 0.4) is 0 Å². The third kappa shape index (κ3) is 3.68. The molecule has 0 saturated heterocycles. The Kier molecular flexibility index (Phi) is 3.92. The first kappa shape index (κ1) is 6.84. The van der Waals surface area contributed by atoms with E-state index in [9.17, 15) is 5.21 Å². The van der Waals surface area contributed by atoms with Crippen molar-refractivity contribution in [2.75, 3.05) is 13.7 Å². The van der Waals surface area contributed by atoms with Gasteiger partial charge < -0.3 is 5.21 Å². The minimum atomic E-state index is -0.373. The highest BCUT2D eigenvalue weighted by Crippen LogP contribution is 1.37. The molecule has 1 atom stereocenters. The summed E-state index contributed by atoms with van der Waals surface area (Å²) in [6.07, 6.45) is 0. The van der Waals surface area contributed by atoms with E-state index in [2.05, 4.69) is 10.3 Å². The van der Waals surface area contributed by atoms with Crippen molar-refractivity contribution in [1.82, 2.24) is 5.43 Å². The lowest BCUT2D eigenvalue weighted by Gasteiger charge is -2.15. The number of rotatable bonds is 3. The molecule has 0 bridgehead atoms. The molecule has 0 aliphatic rings. The van der Waals surface area contributed by atoms with Gasteiger partial charge in [-0.15, -0.1) is 10.8 Å². The summed E-state index contributed by atoms with van der Waals surface area (Å²) in [4.78, 5) is 4.24. The van der Waals surface area contributed by atoms with Crippen LogP contribution in [0, 0.1) is 5.21 Å². The van der Waals surface area contributed by atoms with Gasteiger partial charge in [0.1, 0.15) is 0 Å². The molecule has 4 nitrogen and oxygen atoms in total. The van der Waals surface area contributed by atoms with E-state index >= 15 is 0 Å². The second-order valence-corrected chi connectivity index (χ2v) is 1.02. The Labute approximate surface area is 42.6 Å². The van der Waals surface area contributed by atoms with Crippen molar-refractivity contribution in [2.24, 2.45) is 0 Å². The Hall–Kier alpha value is -0.160. The molecule has 0 fully saturated rings. The van der Waals surface area contributed by atoms with E-state index in [4.69, 9.17) is 0 Å². The third-order valence-electron chi connectivity index (χ3n) is 0.507. The Morgan fingerprint density at radius 3 is 2.57 bits per heavy atom. The highest BCUT2D eigenvalue weighted by molar-refractivity contribution is 4.08. The largest absolute Gasteiger partial charge is 0.579 e. The van der Waals surface area contributed by atoms with Gasteiger partial charge in [-0.2, -0.15) is 4.84 Å². The highest BCUT2D eigenvalue weighted by Gasteiger charge is 1.83. The second kappa shape index (κ2) is 4.01. The number of hydrogen-bond donors (Lipinski definition) is 2. The van der Waals surface area contributed by atoms with Gasteiger partial charge in [0, 0.05) is 6.54 Å². The fraction of sp³-hybridized carbons (Fsp3) is 1.00. The molecule has 0 aromatic heterocycles. The zero-order valence-electron chi connectivity index (χ0n) is 4.52. The lowest BCUT2D eigenvalue weighted by atomic mass is 10.8. The van der Waals surface area contributed by atoms with E-state index in [1.807, 2.05) is 6.92 Å². The summed E-state index contributed by atoms with van der Waals surface area (Å²) < 4.78 is 0. The summed E-state index contributed by atoms with van der Waals surface area (Å²) in [5, 5.41) is 9.71. The van der Waals surface area contributed by atoms with Crippen molar-refractivity contribution in [1.29, 1.82) is 0 Å². The molecule has 4 heteroatoms. The summed E-state index contributed by atoms with van der Waals surface area (Å²) in [7, 11) is 1.34. The Morgan fingerprint density at radius 1 is 1.86 bits per heavy atom. The van der Waals surface area contributed by atoms with Gasteiger partial charge in [-0.25, -0.2) is 0 Å². The van der Waals surface area contributed by atoms with Crippen LogP contribution >= 0.6 is 0 Å². The lowest BCUT2D eigenvalue weighted by molar-refractivity contribution is -1.08. The maximum absolute atomic E-state index is 10.1. The predicted molar refractivity (Wildman–Crippen MR) is 25.0 cm³/mol. The van der Waals surface area contributed by atoms with Crippen LogP contribution < -0.4 is 10.8 Å². The van der Waals surface area contributed by atoms with Crippen LogP contribution in [0.25, 0.3) is 0 Å². The fourth-order valence-corrected chi connectivity index (χ4v) is 0.217. The number of nitrogens with one attached hydrogen (secondary N) is 2. The van der Waals surface area contributed by atoms with E-state index < -0.39 is 0 Å². The second-order valence-electron chi connectivity index (χ2n) is 1.02. The fourth-order valence-electron chi connectivity index (χ4n) is 0.217. The molecule has 0 amide bonds. The van der Waals surface area contributed by atoms with Crippen molar-refractivity contribution >= 4 is 0 Å². The normalized spacial score (nSPS) is 14.1. The monoisotopic (exact) mass is 106 g/mol. The van der Waals surface area contributed by atoms with Gasteiger partial charge in [-0.05, 0) is 6.92 Å². The van der Waals surface area contributed by atoms with E-state index in [0.29, 0.717) is 6.54 Å². The average Bonchev–Trinajstić information content (AvgIpc) is 1.68. The van der Waals surface area contributed by atoms with Gasteiger partial charge in [-0.1, -0.05) is 0 Å². The van der Waals surface area contributed by atoms with Crippen LogP contribution in [0.15, 0.2) is 0 Å².